The highest BCUT2D eigenvalue weighted by molar-refractivity contribution is 7.99. The number of benzene rings is 2. The normalized spacial score (nSPS) is 10.6. The fourth-order valence-corrected chi connectivity index (χ4v) is 4.24. The van der Waals surface area contributed by atoms with Gasteiger partial charge in [0.2, 0.25) is 5.13 Å². The van der Waals surface area contributed by atoms with Crippen molar-refractivity contribution in [3.05, 3.63) is 64.7 Å². The lowest BCUT2D eigenvalue weighted by atomic mass is 10.1. The van der Waals surface area contributed by atoms with Crippen LogP contribution in [0.5, 0.6) is 0 Å². The van der Waals surface area contributed by atoms with E-state index in [1.165, 1.54) is 11.3 Å². The van der Waals surface area contributed by atoms with Crippen molar-refractivity contribution in [1.29, 1.82) is 0 Å². The first-order valence-electron chi connectivity index (χ1n) is 9.37. The average molecular weight is 443 g/mol. The molecule has 156 valence electrons. The Morgan fingerprint density at radius 2 is 1.70 bits per heavy atom. The number of hydrogen-bond donors (Lipinski definition) is 2. The Hall–Kier alpha value is -2.75. The third kappa shape index (κ3) is 5.65. The Kier molecular flexibility index (Phi) is 7.95. The number of nitrogens with zero attached hydrogens (tertiary/aromatic N) is 2. The maximum atomic E-state index is 12.9. The topological polar surface area (TPSA) is 93.2 Å². The highest BCUT2D eigenvalue weighted by Crippen LogP contribution is 2.25. The van der Waals surface area contributed by atoms with Gasteiger partial charge in [0.1, 0.15) is 5.01 Å². The number of nitrogens with one attached hydrogen (secondary N) is 2. The second kappa shape index (κ2) is 10.9. The number of para-hydroxylation sites is 1. The minimum atomic E-state index is -0.354. The van der Waals surface area contributed by atoms with Crippen molar-refractivity contribution in [2.24, 2.45) is 0 Å². The number of anilines is 2. The van der Waals surface area contributed by atoms with Gasteiger partial charge < -0.3 is 10.1 Å². The Labute approximate surface area is 183 Å². The predicted octanol–water partition coefficient (Wildman–Crippen LogP) is 4.34. The highest BCUT2D eigenvalue weighted by atomic mass is 32.2. The van der Waals surface area contributed by atoms with E-state index in [2.05, 4.69) is 20.8 Å². The van der Waals surface area contributed by atoms with Crippen molar-refractivity contribution < 1.29 is 14.3 Å². The van der Waals surface area contributed by atoms with Crippen LogP contribution in [0.2, 0.25) is 0 Å². The molecular formula is C21H22N4O3S2. The molecule has 0 unspecified atom stereocenters. The van der Waals surface area contributed by atoms with E-state index in [9.17, 15) is 9.59 Å². The van der Waals surface area contributed by atoms with Crippen LogP contribution in [0.15, 0.2) is 53.4 Å². The molecule has 1 heterocycles. The maximum Gasteiger partial charge on any atom is 0.259 e. The first-order valence-corrected chi connectivity index (χ1v) is 11.2. The number of thioether (sulfide) groups is 1. The summed E-state index contributed by atoms with van der Waals surface area (Å²) in [7, 11) is 1.64. The molecule has 3 rings (SSSR count). The maximum absolute atomic E-state index is 12.9. The molecule has 7 nitrogen and oxygen atoms in total. The van der Waals surface area contributed by atoms with Gasteiger partial charge in [-0.25, -0.2) is 0 Å². The Balaban J connectivity index is 1.76. The summed E-state index contributed by atoms with van der Waals surface area (Å²) in [6, 6.07) is 14.2. The monoisotopic (exact) mass is 442 g/mol. The van der Waals surface area contributed by atoms with Crippen molar-refractivity contribution in [3.8, 4) is 0 Å². The van der Waals surface area contributed by atoms with Gasteiger partial charge in [0.05, 0.1) is 23.4 Å². The van der Waals surface area contributed by atoms with Crippen LogP contribution in [0.3, 0.4) is 0 Å². The number of hydrogen-bond acceptors (Lipinski definition) is 7. The summed E-state index contributed by atoms with van der Waals surface area (Å²) in [5.41, 5.74) is 1.33. The molecule has 0 saturated heterocycles. The van der Waals surface area contributed by atoms with E-state index < -0.39 is 0 Å². The van der Waals surface area contributed by atoms with Crippen molar-refractivity contribution in [3.63, 3.8) is 0 Å². The van der Waals surface area contributed by atoms with Crippen LogP contribution >= 0.6 is 23.1 Å². The minimum absolute atomic E-state index is 0.278. The van der Waals surface area contributed by atoms with E-state index >= 15 is 0 Å². The van der Waals surface area contributed by atoms with Crippen LogP contribution in [0.25, 0.3) is 0 Å². The third-order valence-electron chi connectivity index (χ3n) is 4.09. The van der Waals surface area contributed by atoms with Crippen molar-refractivity contribution in [2.45, 2.75) is 18.2 Å². The highest BCUT2D eigenvalue weighted by Gasteiger charge is 2.17. The van der Waals surface area contributed by atoms with Gasteiger partial charge in [-0.3, -0.25) is 14.9 Å². The fraction of sp³-hybridized carbons (Fsp3) is 0.238. The number of aryl methyl sites for hydroxylation is 1. The summed E-state index contributed by atoms with van der Waals surface area (Å²) in [6.45, 7) is 2.57. The van der Waals surface area contributed by atoms with E-state index in [0.717, 1.165) is 22.1 Å². The molecule has 2 N–H and O–H groups in total. The van der Waals surface area contributed by atoms with E-state index in [0.29, 0.717) is 28.6 Å². The first-order chi connectivity index (χ1) is 14.6. The Morgan fingerprint density at radius 3 is 2.43 bits per heavy atom. The third-order valence-corrected chi connectivity index (χ3v) is 6.11. The fourth-order valence-electron chi connectivity index (χ4n) is 2.61. The summed E-state index contributed by atoms with van der Waals surface area (Å²) in [4.78, 5) is 26.5. The zero-order valence-corrected chi connectivity index (χ0v) is 18.3. The molecule has 0 spiro atoms. The van der Waals surface area contributed by atoms with Gasteiger partial charge in [-0.15, -0.1) is 22.0 Å². The van der Waals surface area contributed by atoms with E-state index in [-0.39, 0.29) is 11.8 Å². The Morgan fingerprint density at radius 1 is 1.00 bits per heavy atom. The molecule has 0 atom stereocenters. The van der Waals surface area contributed by atoms with Gasteiger partial charge >= 0.3 is 0 Å². The molecular weight excluding hydrogens is 420 g/mol. The molecule has 2 aromatic carbocycles. The van der Waals surface area contributed by atoms with Crippen molar-refractivity contribution >= 4 is 45.7 Å². The largest absolute Gasteiger partial charge is 0.384 e. The number of ether oxygens (including phenoxy) is 1. The molecule has 2 amide bonds. The van der Waals surface area contributed by atoms with Crippen molar-refractivity contribution in [1.82, 2.24) is 10.2 Å². The van der Waals surface area contributed by atoms with Gasteiger partial charge in [-0.1, -0.05) is 42.5 Å². The number of rotatable bonds is 9. The molecule has 3 aromatic rings. The van der Waals surface area contributed by atoms with Crippen LogP contribution in [0.4, 0.5) is 10.8 Å². The number of amides is 2. The first kappa shape index (κ1) is 21.9. The quantitative estimate of drug-likeness (QED) is 0.378. The number of methoxy groups -OCH3 is 1. The lowest BCUT2D eigenvalue weighted by Gasteiger charge is -2.12. The van der Waals surface area contributed by atoms with Crippen LogP contribution in [-0.4, -0.2) is 41.5 Å². The molecule has 1 aromatic heterocycles. The van der Waals surface area contributed by atoms with Gasteiger partial charge in [-0.05, 0) is 30.7 Å². The smallest absolute Gasteiger partial charge is 0.259 e. The van der Waals surface area contributed by atoms with Crippen LogP contribution in [0, 0.1) is 0 Å². The van der Waals surface area contributed by atoms with Crippen molar-refractivity contribution in [2.75, 3.05) is 30.1 Å². The van der Waals surface area contributed by atoms with E-state index in [1.54, 1.807) is 49.2 Å². The van der Waals surface area contributed by atoms with Gasteiger partial charge in [0, 0.05) is 17.8 Å². The molecule has 0 saturated carbocycles. The lowest BCUT2D eigenvalue weighted by Crippen LogP contribution is -2.18. The molecule has 0 aliphatic rings. The summed E-state index contributed by atoms with van der Waals surface area (Å²) in [5.74, 6) is 0.105. The van der Waals surface area contributed by atoms with Gasteiger partial charge in [0.15, 0.2) is 0 Å². The second-order valence-corrected chi connectivity index (χ2v) is 8.34. The summed E-state index contributed by atoms with van der Waals surface area (Å²) in [6.07, 6.45) is 0.752. The summed E-state index contributed by atoms with van der Waals surface area (Å²) >= 11 is 2.88. The molecule has 0 fully saturated rings. The molecule has 0 aliphatic carbocycles. The van der Waals surface area contributed by atoms with E-state index in [1.807, 2.05) is 25.1 Å². The molecule has 30 heavy (non-hydrogen) atoms. The molecule has 0 aliphatic heterocycles. The van der Waals surface area contributed by atoms with Gasteiger partial charge in [0.25, 0.3) is 11.8 Å². The standard InChI is InChI=1S/C21H22N4O3S2/c1-3-18-24-25-21(30-18)23-19(26)14-8-4-6-10-16(14)22-20(27)15-9-5-7-11-17(15)29-13-12-28-2/h4-11H,3,12-13H2,1-2H3,(H,22,27)(H,23,25,26). The SMILES string of the molecule is CCc1nnc(NC(=O)c2ccccc2NC(=O)c2ccccc2SCCOC)s1. The number of carbonyl (C=O) groups is 2. The average Bonchev–Trinajstić information content (AvgIpc) is 3.22. The number of carbonyl (C=O) groups excluding carboxylic acids is 2. The zero-order valence-electron chi connectivity index (χ0n) is 16.7. The van der Waals surface area contributed by atoms with Crippen LogP contribution < -0.4 is 10.6 Å². The summed E-state index contributed by atoms with van der Waals surface area (Å²) in [5, 5.41) is 14.9. The predicted molar refractivity (Wildman–Crippen MR) is 121 cm³/mol. The molecule has 9 heteroatoms. The number of aromatic nitrogens is 2. The zero-order chi connectivity index (χ0) is 21.3. The van der Waals surface area contributed by atoms with E-state index in [4.69, 9.17) is 4.74 Å². The molecule has 0 bridgehead atoms. The van der Waals surface area contributed by atoms with Gasteiger partial charge in [-0.2, -0.15) is 0 Å². The second-order valence-electron chi connectivity index (χ2n) is 6.15. The van der Waals surface area contributed by atoms with Crippen LogP contribution in [-0.2, 0) is 11.2 Å². The lowest BCUT2D eigenvalue weighted by molar-refractivity contribution is 0.102. The summed E-state index contributed by atoms with van der Waals surface area (Å²) < 4.78 is 5.08. The molecule has 0 radical (unpaired) electrons. The minimum Gasteiger partial charge on any atom is -0.384 e. The van der Waals surface area contributed by atoms with Crippen LogP contribution in [0.1, 0.15) is 32.6 Å². The Bertz CT molecular complexity index is 1020.